The number of amides is 1. The number of rotatable bonds is 5. The number of hydrazone groups is 1. The molecule has 0 bridgehead atoms. The molecule has 0 saturated carbocycles. The van der Waals surface area contributed by atoms with E-state index in [1.54, 1.807) is 13.3 Å². The van der Waals surface area contributed by atoms with Crippen LogP contribution in [0.4, 0.5) is 0 Å². The predicted octanol–water partition coefficient (Wildman–Crippen LogP) is 6.17. The Balaban J connectivity index is 1.43. The van der Waals surface area contributed by atoms with E-state index in [1.807, 2.05) is 42.5 Å². The lowest BCUT2D eigenvalue weighted by Crippen LogP contribution is -2.18. The third kappa shape index (κ3) is 3.82. The monoisotopic (exact) mass is 447 g/mol. The maximum atomic E-state index is 12.9. The molecule has 5 aromatic rings. The number of aryl methyl sites for hydroxylation is 1. The van der Waals surface area contributed by atoms with Crippen molar-refractivity contribution in [1.29, 1.82) is 0 Å². The van der Waals surface area contributed by atoms with Crippen molar-refractivity contribution in [3.8, 4) is 11.4 Å². The summed E-state index contributed by atoms with van der Waals surface area (Å²) in [6.45, 7) is 4.13. The molecule has 1 amide bonds. The number of benzene rings is 4. The Morgan fingerprint density at radius 3 is 2.32 bits per heavy atom. The van der Waals surface area contributed by atoms with Crippen LogP contribution in [-0.2, 0) is 0 Å². The first-order chi connectivity index (χ1) is 16.6. The van der Waals surface area contributed by atoms with Crippen molar-refractivity contribution in [3.05, 3.63) is 107 Å². The van der Waals surface area contributed by atoms with E-state index in [2.05, 4.69) is 71.4 Å². The van der Waals surface area contributed by atoms with Gasteiger partial charge >= 0.3 is 0 Å². The van der Waals surface area contributed by atoms with Gasteiger partial charge in [0.15, 0.2) is 0 Å². The van der Waals surface area contributed by atoms with Crippen LogP contribution in [0.15, 0.2) is 90.0 Å². The highest BCUT2D eigenvalue weighted by Gasteiger charge is 2.14. The molecule has 0 unspecified atom stereocenters. The fourth-order valence-corrected chi connectivity index (χ4v) is 4.48. The van der Waals surface area contributed by atoms with Gasteiger partial charge in [0.05, 0.1) is 24.6 Å². The number of nitrogens with one attached hydrogen (secondary N) is 1. The van der Waals surface area contributed by atoms with Gasteiger partial charge in [0.25, 0.3) is 5.91 Å². The number of hydrogen-bond donors (Lipinski definition) is 1. The van der Waals surface area contributed by atoms with E-state index >= 15 is 0 Å². The van der Waals surface area contributed by atoms with Gasteiger partial charge in [0.1, 0.15) is 5.75 Å². The maximum Gasteiger partial charge on any atom is 0.275 e. The van der Waals surface area contributed by atoms with Gasteiger partial charge in [-0.2, -0.15) is 5.10 Å². The molecule has 0 aliphatic heterocycles. The van der Waals surface area contributed by atoms with Gasteiger partial charge in [-0.05, 0) is 54.3 Å². The number of ether oxygens (including phenoxy) is 1. The summed E-state index contributed by atoms with van der Waals surface area (Å²) in [6.07, 6.45) is 1.69. The SMILES string of the molecule is COc1cc2ccccc2cc1C(=O)NN=Cc1cc(C)n(-c2cccc3ccccc23)c1C. The van der Waals surface area contributed by atoms with Crippen LogP contribution < -0.4 is 10.2 Å². The standard InChI is InChI=1S/C29H25N3O2/c1-19-15-24(20(2)32(19)27-14-8-12-21-9-6-7-13-25(21)27)18-30-31-29(33)26-16-22-10-4-5-11-23(22)17-28(26)34-3/h4-18H,1-3H3,(H,31,33). The number of fused-ring (bicyclic) bond motifs is 2. The highest BCUT2D eigenvalue weighted by molar-refractivity contribution is 6.02. The van der Waals surface area contributed by atoms with Crippen LogP contribution in [-0.4, -0.2) is 23.8 Å². The summed E-state index contributed by atoms with van der Waals surface area (Å²) in [7, 11) is 1.56. The van der Waals surface area contributed by atoms with Gasteiger partial charge in [0.2, 0.25) is 0 Å². The van der Waals surface area contributed by atoms with E-state index in [1.165, 1.54) is 10.8 Å². The first kappa shape index (κ1) is 21.5. The topological polar surface area (TPSA) is 55.6 Å². The lowest BCUT2D eigenvalue weighted by Gasteiger charge is -2.13. The normalized spacial score (nSPS) is 11.4. The average molecular weight is 448 g/mol. The predicted molar refractivity (Wildman–Crippen MR) is 138 cm³/mol. The van der Waals surface area contributed by atoms with E-state index < -0.39 is 0 Å². The summed E-state index contributed by atoms with van der Waals surface area (Å²) in [5.74, 6) is 0.197. The van der Waals surface area contributed by atoms with Crippen molar-refractivity contribution < 1.29 is 9.53 Å². The zero-order valence-corrected chi connectivity index (χ0v) is 19.4. The summed E-state index contributed by atoms with van der Waals surface area (Å²) < 4.78 is 7.67. The summed E-state index contributed by atoms with van der Waals surface area (Å²) in [6, 6.07) is 28.3. The Labute approximate surface area is 198 Å². The quantitative estimate of drug-likeness (QED) is 0.259. The molecule has 5 heteroatoms. The third-order valence-electron chi connectivity index (χ3n) is 6.16. The highest BCUT2D eigenvalue weighted by atomic mass is 16.5. The van der Waals surface area contributed by atoms with Crippen LogP contribution in [0.1, 0.15) is 27.3 Å². The fraction of sp³-hybridized carbons (Fsp3) is 0.103. The highest BCUT2D eigenvalue weighted by Crippen LogP contribution is 2.28. The molecule has 0 aliphatic carbocycles. The van der Waals surface area contributed by atoms with Gasteiger partial charge in [-0.25, -0.2) is 5.43 Å². The summed E-state index contributed by atoms with van der Waals surface area (Å²) in [5.41, 5.74) is 7.31. The van der Waals surface area contributed by atoms with E-state index in [0.717, 1.165) is 33.4 Å². The van der Waals surface area contributed by atoms with Crippen molar-refractivity contribution in [2.75, 3.05) is 7.11 Å². The number of nitrogens with zero attached hydrogens (tertiary/aromatic N) is 2. The van der Waals surface area contributed by atoms with Crippen LogP contribution in [0.25, 0.3) is 27.2 Å². The van der Waals surface area contributed by atoms with Crippen LogP contribution in [0.2, 0.25) is 0 Å². The maximum absolute atomic E-state index is 12.9. The summed E-state index contributed by atoms with van der Waals surface area (Å²) in [5, 5.41) is 8.61. The Bertz CT molecular complexity index is 1560. The Hall–Kier alpha value is -4.38. The molecular weight excluding hydrogens is 422 g/mol. The molecule has 5 nitrogen and oxygen atoms in total. The first-order valence-corrected chi connectivity index (χ1v) is 11.1. The molecule has 1 aromatic heterocycles. The number of methoxy groups -OCH3 is 1. The molecular formula is C29H25N3O2. The number of carbonyl (C=O) groups excluding carboxylic acids is 1. The minimum absolute atomic E-state index is 0.318. The van der Waals surface area contributed by atoms with Gasteiger partial charge in [-0.3, -0.25) is 4.79 Å². The molecule has 168 valence electrons. The number of hydrogen-bond acceptors (Lipinski definition) is 3. The van der Waals surface area contributed by atoms with Crippen LogP contribution in [0, 0.1) is 13.8 Å². The zero-order chi connectivity index (χ0) is 23.7. The van der Waals surface area contributed by atoms with E-state index in [9.17, 15) is 4.79 Å². The second-order valence-corrected chi connectivity index (χ2v) is 8.26. The van der Waals surface area contributed by atoms with Gasteiger partial charge in [0, 0.05) is 22.3 Å². The molecule has 34 heavy (non-hydrogen) atoms. The van der Waals surface area contributed by atoms with Crippen molar-refractivity contribution in [2.24, 2.45) is 5.10 Å². The van der Waals surface area contributed by atoms with Gasteiger partial charge < -0.3 is 9.30 Å². The van der Waals surface area contributed by atoms with Crippen LogP contribution in [0.3, 0.4) is 0 Å². The molecule has 1 heterocycles. The zero-order valence-electron chi connectivity index (χ0n) is 19.4. The summed E-state index contributed by atoms with van der Waals surface area (Å²) >= 11 is 0. The van der Waals surface area contributed by atoms with Crippen molar-refractivity contribution in [1.82, 2.24) is 9.99 Å². The van der Waals surface area contributed by atoms with Crippen LogP contribution >= 0.6 is 0 Å². The van der Waals surface area contributed by atoms with E-state index in [-0.39, 0.29) is 5.91 Å². The smallest absolute Gasteiger partial charge is 0.275 e. The molecule has 0 fully saturated rings. The van der Waals surface area contributed by atoms with E-state index in [0.29, 0.717) is 11.3 Å². The molecule has 0 radical (unpaired) electrons. The molecule has 0 saturated heterocycles. The minimum Gasteiger partial charge on any atom is -0.496 e. The van der Waals surface area contributed by atoms with Crippen molar-refractivity contribution in [2.45, 2.75) is 13.8 Å². The Morgan fingerprint density at radius 1 is 0.882 bits per heavy atom. The summed E-state index contributed by atoms with van der Waals surface area (Å²) in [4.78, 5) is 12.9. The van der Waals surface area contributed by atoms with Gasteiger partial charge in [-0.1, -0.05) is 60.7 Å². The fourth-order valence-electron chi connectivity index (χ4n) is 4.48. The Kier molecular flexibility index (Phi) is 5.60. The first-order valence-electron chi connectivity index (χ1n) is 11.1. The minimum atomic E-state index is -0.318. The molecule has 5 rings (SSSR count). The number of aromatic nitrogens is 1. The molecule has 1 N–H and O–H groups in total. The number of carbonyl (C=O) groups is 1. The average Bonchev–Trinajstić information content (AvgIpc) is 3.15. The lowest BCUT2D eigenvalue weighted by molar-refractivity contribution is 0.0952. The largest absolute Gasteiger partial charge is 0.496 e. The van der Waals surface area contributed by atoms with Crippen LogP contribution in [0.5, 0.6) is 5.75 Å². The second-order valence-electron chi connectivity index (χ2n) is 8.26. The Morgan fingerprint density at radius 2 is 1.56 bits per heavy atom. The molecule has 0 aliphatic rings. The third-order valence-corrected chi connectivity index (χ3v) is 6.16. The molecule has 4 aromatic carbocycles. The lowest BCUT2D eigenvalue weighted by atomic mass is 10.1. The second kappa shape index (κ2) is 8.87. The molecule has 0 spiro atoms. The van der Waals surface area contributed by atoms with Gasteiger partial charge in [-0.15, -0.1) is 0 Å². The van der Waals surface area contributed by atoms with E-state index in [4.69, 9.17) is 4.74 Å². The van der Waals surface area contributed by atoms with Crippen molar-refractivity contribution >= 4 is 33.7 Å². The van der Waals surface area contributed by atoms with Crippen molar-refractivity contribution in [3.63, 3.8) is 0 Å². The molecule has 0 atom stereocenters.